The number of hydrogen-bond acceptors (Lipinski definition) is 3. The molecular formula is C24H23NO2. The number of methoxy groups -OCH3 is 2. The van der Waals surface area contributed by atoms with Crippen LogP contribution in [0.4, 0.5) is 0 Å². The first kappa shape index (κ1) is 18.5. The minimum Gasteiger partial charge on any atom is -0.497 e. The van der Waals surface area contributed by atoms with Crippen LogP contribution in [0.25, 0.3) is 33.0 Å². The molecule has 0 aromatic heterocycles. The summed E-state index contributed by atoms with van der Waals surface area (Å²) in [6, 6.07) is 29.4. The van der Waals surface area contributed by atoms with Gasteiger partial charge in [-0.2, -0.15) is 0 Å². The van der Waals surface area contributed by atoms with Gasteiger partial charge in [0.05, 0.1) is 14.2 Å². The van der Waals surface area contributed by atoms with Crippen molar-refractivity contribution < 1.29 is 9.47 Å². The second kappa shape index (κ2) is 7.94. The number of benzene rings is 4. The van der Waals surface area contributed by atoms with Gasteiger partial charge in [0.15, 0.2) is 0 Å². The van der Waals surface area contributed by atoms with Gasteiger partial charge in [0.1, 0.15) is 11.5 Å². The molecule has 0 aliphatic carbocycles. The largest absolute Gasteiger partial charge is 0.497 e. The van der Waals surface area contributed by atoms with E-state index in [1.54, 1.807) is 14.2 Å². The third-order valence-corrected chi connectivity index (χ3v) is 4.71. The van der Waals surface area contributed by atoms with Crippen LogP contribution < -0.4 is 15.6 Å². The van der Waals surface area contributed by atoms with Crippen LogP contribution in [0.5, 0.6) is 11.5 Å². The summed E-state index contributed by atoms with van der Waals surface area (Å²) in [6.45, 7) is 0. The van der Waals surface area contributed by atoms with E-state index in [4.69, 9.17) is 9.47 Å². The highest BCUT2D eigenvalue weighted by Gasteiger charge is 2.12. The Morgan fingerprint density at radius 2 is 1.11 bits per heavy atom. The van der Waals surface area contributed by atoms with E-state index in [1.807, 2.05) is 24.3 Å². The summed E-state index contributed by atoms with van der Waals surface area (Å²) in [5, 5.41) is 2.47. The van der Waals surface area contributed by atoms with Gasteiger partial charge in [0.2, 0.25) is 0 Å². The molecule has 0 spiro atoms. The molecule has 0 aliphatic heterocycles. The van der Waals surface area contributed by atoms with E-state index in [0.29, 0.717) is 0 Å². The number of hydrogen-bond donors (Lipinski definition) is 1. The quantitative estimate of drug-likeness (QED) is 0.463. The van der Waals surface area contributed by atoms with Crippen molar-refractivity contribution in [3.63, 3.8) is 0 Å². The Morgan fingerprint density at radius 3 is 1.70 bits per heavy atom. The molecule has 4 aromatic carbocycles. The van der Waals surface area contributed by atoms with E-state index in [9.17, 15) is 0 Å². The SMILES string of the molecule is COc1ccc(-c2ccc3ccccc3c2-c2ccc(OC)cc2)cc1.N. The average Bonchev–Trinajstić information content (AvgIpc) is 2.73. The summed E-state index contributed by atoms with van der Waals surface area (Å²) in [4.78, 5) is 0. The first-order chi connectivity index (χ1) is 12.8. The van der Waals surface area contributed by atoms with Gasteiger partial charge in [0.25, 0.3) is 0 Å². The Hall–Kier alpha value is -3.30. The maximum atomic E-state index is 5.32. The summed E-state index contributed by atoms with van der Waals surface area (Å²) < 4.78 is 10.6. The molecule has 0 heterocycles. The third kappa shape index (κ3) is 3.50. The standard InChI is InChI=1S/C24H20O2.H3N/c1-25-20-12-7-18(8-13-20)23-16-11-17-5-3-4-6-22(17)24(23)19-9-14-21(26-2)15-10-19;/h3-16H,1-2H3;1H3. The fraction of sp³-hybridized carbons (Fsp3) is 0.0833. The molecule has 3 heteroatoms. The topological polar surface area (TPSA) is 53.5 Å². The van der Waals surface area contributed by atoms with Gasteiger partial charge in [-0.05, 0) is 57.3 Å². The van der Waals surface area contributed by atoms with E-state index in [2.05, 4.69) is 60.7 Å². The van der Waals surface area contributed by atoms with Gasteiger partial charge in [-0.25, -0.2) is 0 Å². The van der Waals surface area contributed by atoms with Gasteiger partial charge in [-0.15, -0.1) is 0 Å². The molecule has 0 unspecified atom stereocenters. The molecular weight excluding hydrogens is 334 g/mol. The second-order valence-corrected chi connectivity index (χ2v) is 6.17. The Bertz CT molecular complexity index is 1040. The van der Waals surface area contributed by atoms with Gasteiger partial charge < -0.3 is 15.6 Å². The van der Waals surface area contributed by atoms with Crippen molar-refractivity contribution in [3.8, 4) is 33.8 Å². The fourth-order valence-electron chi connectivity index (χ4n) is 3.35. The lowest BCUT2D eigenvalue weighted by Gasteiger charge is -2.15. The number of rotatable bonds is 4. The van der Waals surface area contributed by atoms with E-state index in [1.165, 1.54) is 33.0 Å². The molecule has 4 aromatic rings. The molecule has 0 fully saturated rings. The maximum absolute atomic E-state index is 5.32. The Balaban J connectivity index is 0.00000210. The van der Waals surface area contributed by atoms with Crippen molar-refractivity contribution in [1.29, 1.82) is 0 Å². The summed E-state index contributed by atoms with van der Waals surface area (Å²) in [5.74, 6) is 1.72. The molecule has 0 radical (unpaired) electrons. The molecule has 0 atom stereocenters. The molecule has 0 saturated carbocycles. The zero-order valence-corrected chi connectivity index (χ0v) is 15.6. The van der Waals surface area contributed by atoms with Crippen molar-refractivity contribution in [1.82, 2.24) is 6.15 Å². The Labute approximate surface area is 159 Å². The van der Waals surface area contributed by atoms with Crippen LogP contribution in [0.2, 0.25) is 0 Å². The fourth-order valence-corrected chi connectivity index (χ4v) is 3.35. The van der Waals surface area contributed by atoms with E-state index in [-0.39, 0.29) is 6.15 Å². The monoisotopic (exact) mass is 357 g/mol. The van der Waals surface area contributed by atoms with Gasteiger partial charge in [0, 0.05) is 0 Å². The molecule has 0 bridgehead atoms. The highest BCUT2D eigenvalue weighted by atomic mass is 16.5. The van der Waals surface area contributed by atoms with E-state index < -0.39 is 0 Å². The molecule has 0 amide bonds. The Morgan fingerprint density at radius 1 is 0.556 bits per heavy atom. The van der Waals surface area contributed by atoms with Crippen LogP contribution in [0, 0.1) is 0 Å². The summed E-state index contributed by atoms with van der Waals surface area (Å²) in [6.07, 6.45) is 0. The zero-order chi connectivity index (χ0) is 17.9. The molecule has 4 rings (SSSR count). The van der Waals surface area contributed by atoms with Crippen LogP contribution >= 0.6 is 0 Å². The lowest BCUT2D eigenvalue weighted by atomic mass is 9.90. The predicted molar refractivity (Wildman–Crippen MR) is 113 cm³/mol. The molecule has 3 N–H and O–H groups in total. The van der Waals surface area contributed by atoms with Crippen LogP contribution in [0.1, 0.15) is 0 Å². The normalized spacial score (nSPS) is 10.3. The first-order valence-corrected chi connectivity index (χ1v) is 8.61. The highest BCUT2D eigenvalue weighted by Crippen LogP contribution is 2.39. The van der Waals surface area contributed by atoms with Crippen LogP contribution in [-0.4, -0.2) is 14.2 Å². The molecule has 136 valence electrons. The van der Waals surface area contributed by atoms with Crippen molar-refractivity contribution in [2.75, 3.05) is 14.2 Å². The zero-order valence-electron chi connectivity index (χ0n) is 15.6. The van der Waals surface area contributed by atoms with Crippen LogP contribution in [-0.2, 0) is 0 Å². The third-order valence-electron chi connectivity index (χ3n) is 4.71. The predicted octanol–water partition coefficient (Wildman–Crippen LogP) is 6.35. The van der Waals surface area contributed by atoms with Crippen molar-refractivity contribution in [2.24, 2.45) is 0 Å². The number of ether oxygens (including phenoxy) is 2. The molecule has 3 nitrogen and oxygen atoms in total. The minimum absolute atomic E-state index is 0. The highest BCUT2D eigenvalue weighted by molar-refractivity contribution is 6.04. The first-order valence-electron chi connectivity index (χ1n) is 8.61. The summed E-state index contributed by atoms with van der Waals surface area (Å²) >= 11 is 0. The molecule has 27 heavy (non-hydrogen) atoms. The lowest BCUT2D eigenvalue weighted by molar-refractivity contribution is 0.414. The van der Waals surface area contributed by atoms with Gasteiger partial charge >= 0.3 is 0 Å². The average molecular weight is 357 g/mol. The molecule has 0 aliphatic rings. The van der Waals surface area contributed by atoms with E-state index in [0.717, 1.165) is 11.5 Å². The van der Waals surface area contributed by atoms with E-state index >= 15 is 0 Å². The summed E-state index contributed by atoms with van der Waals surface area (Å²) in [5.41, 5.74) is 4.78. The number of fused-ring (bicyclic) bond motifs is 1. The molecule has 0 saturated heterocycles. The van der Waals surface area contributed by atoms with Crippen LogP contribution in [0.3, 0.4) is 0 Å². The Kier molecular flexibility index (Phi) is 5.43. The summed E-state index contributed by atoms with van der Waals surface area (Å²) in [7, 11) is 3.38. The minimum atomic E-state index is 0. The van der Waals surface area contributed by atoms with Gasteiger partial charge in [-0.1, -0.05) is 60.7 Å². The smallest absolute Gasteiger partial charge is 0.118 e. The van der Waals surface area contributed by atoms with Crippen molar-refractivity contribution in [3.05, 3.63) is 84.9 Å². The van der Waals surface area contributed by atoms with Gasteiger partial charge in [-0.3, -0.25) is 0 Å². The van der Waals surface area contributed by atoms with Crippen molar-refractivity contribution >= 4 is 10.8 Å². The van der Waals surface area contributed by atoms with Crippen LogP contribution in [0.15, 0.2) is 84.9 Å². The maximum Gasteiger partial charge on any atom is 0.118 e. The van der Waals surface area contributed by atoms with Crippen molar-refractivity contribution in [2.45, 2.75) is 0 Å². The lowest BCUT2D eigenvalue weighted by Crippen LogP contribution is -1.89. The second-order valence-electron chi connectivity index (χ2n) is 6.17.